The molecule has 0 bridgehead atoms. The molecule has 2 rings (SSSR count). The summed E-state index contributed by atoms with van der Waals surface area (Å²) < 4.78 is 33.8. The van der Waals surface area contributed by atoms with E-state index in [1.807, 2.05) is 0 Å². The number of rotatable bonds is 4. The third-order valence-corrected chi connectivity index (χ3v) is 5.65. The molecule has 1 saturated heterocycles. The van der Waals surface area contributed by atoms with Gasteiger partial charge >= 0.3 is 0 Å². The number of nitrogens with zero attached hydrogens (tertiary/aromatic N) is 3. The number of aromatic nitrogens is 2. The van der Waals surface area contributed by atoms with Gasteiger partial charge in [-0.15, -0.1) is 0 Å². The lowest BCUT2D eigenvalue weighted by molar-refractivity contribution is 0.0206. The SMILES string of the molecule is Cc1nn(C)c(C)c1S(=O)(=O)N(C)CC1CNCCO1. The van der Waals surface area contributed by atoms with Crippen LogP contribution in [0.5, 0.6) is 0 Å². The smallest absolute Gasteiger partial charge is 0.246 e. The number of hydrogen-bond donors (Lipinski definition) is 1. The Morgan fingerprint density at radius 3 is 2.70 bits per heavy atom. The summed E-state index contributed by atoms with van der Waals surface area (Å²) in [4.78, 5) is 0.297. The summed E-state index contributed by atoms with van der Waals surface area (Å²) in [5.74, 6) is 0. The lowest BCUT2D eigenvalue weighted by Gasteiger charge is -2.27. The molecule has 1 aromatic heterocycles. The molecule has 0 saturated carbocycles. The quantitative estimate of drug-likeness (QED) is 0.822. The molecule has 0 aliphatic carbocycles. The van der Waals surface area contributed by atoms with E-state index >= 15 is 0 Å². The van der Waals surface area contributed by atoms with Crippen molar-refractivity contribution in [2.24, 2.45) is 7.05 Å². The Hall–Kier alpha value is -0.960. The normalized spacial score (nSPS) is 20.6. The van der Waals surface area contributed by atoms with Gasteiger partial charge in [-0.3, -0.25) is 4.68 Å². The highest BCUT2D eigenvalue weighted by atomic mass is 32.2. The average molecular weight is 302 g/mol. The molecule has 1 fully saturated rings. The van der Waals surface area contributed by atoms with Crippen LogP contribution in [0.2, 0.25) is 0 Å². The van der Waals surface area contributed by atoms with Crippen molar-refractivity contribution < 1.29 is 13.2 Å². The zero-order chi connectivity index (χ0) is 14.9. The maximum absolute atomic E-state index is 12.7. The maximum Gasteiger partial charge on any atom is 0.246 e. The van der Waals surface area contributed by atoms with Gasteiger partial charge in [0.15, 0.2) is 0 Å². The molecule has 0 amide bonds. The Balaban J connectivity index is 2.20. The van der Waals surface area contributed by atoms with Gasteiger partial charge in [-0.1, -0.05) is 0 Å². The predicted molar refractivity (Wildman–Crippen MR) is 75.1 cm³/mol. The fourth-order valence-corrected chi connectivity index (χ4v) is 4.00. The summed E-state index contributed by atoms with van der Waals surface area (Å²) >= 11 is 0. The van der Waals surface area contributed by atoms with Crippen LogP contribution in [-0.4, -0.2) is 61.9 Å². The van der Waals surface area contributed by atoms with Gasteiger partial charge in [0, 0.05) is 33.7 Å². The minimum Gasteiger partial charge on any atom is -0.374 e. The average Bonchev–Trinajstić information content (AvgIpc) is 2.64. The number of likely N-dealkylation sites (N-methyl/N-ethyl adjacent to an activating group) is 1. The van der Waals surface area contributed by atoms with Crippen LogP contribution < -0.4 is 5.32 Å². The zero-order valence-electron chi connectivity index (χ0n) is 12.4. The number of nitrogens with one attached hydrogen (secondary N) is 1. The number of ether oxygens (including phenoxy) is 1. The van der Waals surface area contributed by atoms with E-state index < -0.39 is 10.0 Å². The van der Waals surface area contributed by atoms with Crippen LogP contribution in [0.1, 0.15) is 11.4 Å². The van der Waals surface area contributed by atoms with Gasteiger partial charge in [-0.25, -0.2) is 8.42 Å². The monoisotopic (exact) mass is 302 g/mol. The predicted octanol–water partition coefficient (Wildman–Crippen LogP) is -0.354. The van der Waals surface area contributed by atoms with E-state index in [-0.39, 0.29) is 6.10 Å². The number of aryl methyl sites for hydroxylation is 2. The van der Waals surface area contributed by atoms with Crippen molar-refractivity contribution in [3.63, 3.8) is 0 Å². The molecule has 1 N–H and O–H groups in total. The van der Waals surface area contributed by atoms with Gasteiger partial charge in [0.2, 0.25) is 10.0 Å². The Bertz CT molecular complexity index is 576. The molecule has 1 unspecified atom stereocenters. The first-order valence-corrected chi connectivity index (χ1v) is 8.07. The van der Waals surface area contributed by atoms with Crippen LogP contribution in [0.3, 0.4) is 0 Å². The number of morpholine rings is 1. The molecule has 2 heterocycles. The Morgan fingerprint density at radius 2 is 2.20 bits per heavy atom. The molecule has 8 heteroatoms. The van der Waals surface area contributed by atoms with Gasteiger partial charge in [0.1, 0.15) is 4.90 Å². The van der Waals surface area contributed by atoms with E-state index in [0.29, 0.717) is 36.0 Å². The second kappa shape index (κ2) is 5.80. The summed E-state index contributed by atoms with van der Waals surface area (Å²) in [6, 6.07) is 0. The Labute approximate surface area is 120 Å². The highest BCUT2D eigenvalue weighted by Crippen LogP contribution is 2.22. The molecular formula is C12H22N4O3S. The first kappa shape index (κ1) is 15.4. The summed E-state index contributed by atoms with van der Waals surface area (Å²) in [7, 11) is -0.209. The number of sulfonamides is 1. The molecule has 1 aliphatic heterocycles. The minimum absolute atomic E-state index is 0.110. The first-order valence-electron chi connectivity index (χ1n) is 6.63. The van der Waals surface area contributed by atoms with E-state index in [4.69, 9.17) is 4.74 Å². The molecule has 20 heavy (non-hydrogen) atoms. The van der Waals surface area contributed by atoms with Crippen LogP contribution in [0.25, 0.3) is 0 Å². The van der Waals surface area contributed by atoms with Crippen LogP contribution in [0.15, 0.2) is 4.90 Å². The largest absolute Gasteiger partial charge is 0.374 e. The van der Waals surface area contributed by atoms with Crippen molar-refractivity contribution in [2.75, 3.05) is 33.3 Å². The summed E-state index contributed by atoms with van der Waals surface area (Å²) in [6.07, 6.45) is -0.110. The zero-order valence-corrected chi connectivity index (χ0v) is 13.2. The van der Waals surface area contributed by atoms with E-state index in [1.54, 1.807) is 32.6 Å². The molecule has 1 aliphatic rings. The molecule has 114 valence electrons. The van der Waals surface area contributed by atoms with Crippen LogP contribution >= 0.6 is 0 Å². The number of hydrogen-bond acceptors (Lipinski definition) is 5. The van der Waals surface area contributed by atoms with Crippen LogP contribution in [0, 0.1) is 13.8 Å². The van der Waals surface area contributed by atoms with Gasteiger partial charge in [-0.05, 0) is 13.8 Å². The lowest BCUT2D eigenvalue weighted by atomic mass is 10.3. The fraction of sp³-hybridized carbons (Fsp3) is 0.750. The van der Waals surface area contributed by atoms with Crippen molar-refractivity contribution in [1.29, 1.82) is 0 Å². The second-order valence-electron chi connectivity index (χ2n) is 5.11. The summed E-state index contributed by atoms with van der Waals surface area (Å²) in [5, 5.41) is 7.37. The Kier molecular flexibility index (Phi) is 4.48. The summed E-state index contributed by atoms with van der Waals surface area (Å²) in [6.45, 7) is 5.91. The lowest BCUT2D eigenvalue weighted by Crippen LogP contribution is -2.45. The molecule has 1 atom stereocenters. The highest BCUT2D eigenvalue weighted by Gasteiger charge is 2.30. The Morgan fingerprint density at radius 1 is 1.50 bits per heavy atom. The van der Waals surface area contributed by atoms with Crippen LogP contribution in [0.4, 0.5) is 0 Å². The van der Waals surface area contributed by atoms with E-state index in [9.17, 15) is 8.42 Å². The highest BCUT2D eigenvalue weighted by molar-refractivity contribution is 7.89. The molecule has 7 nitrogen and oxygen atoms in total. The van der Waals surface area contributed by atoms with Gasteiger partial charge < -0.3 is 10.1 Å². The van der Waals surface area contributed by atoms with Gasteiger partial charge in [-0.2, -0.15) is 9.40 Å². The molecular weight excluding hydrogens is 280 g/mol. The third kappa shape index (κ3) is 2.88. The third-order valence-electron chi connectivity index (χ3n) is 3.58. The molecule has 0 spiro atoms. The van der Waals surface area contributed by atoms with Gasteiger partial charge in [0.25, 0.3) is 0 Å². The first-order chi connectivity index (χ1) is 9.34. The summed E-state index contributed by atoms with van der Waals surface area (Å²) in [5.41, 5.74) is 1.18. The maximum atomic E-state index is 12.7. The van der Waals surface area contributed by atoms with Crippen molar-refractivity contribution in [2.45, 2.75) is 24.8 Å². The molecule has 1 aromatic rings. The molecule has 0 aromatic carbocycles. The fourth-order valence-electron chi connectivity index (χ4n) is 2.41. The molecule has 0 radical (unpaired) electrons. The van der Waals surface area contributed by atoms with Crippen molar-refractivity contribution in [3.05, 3.63) is 11.4 Å². The topological polar surface area (TPSA) is 76.5 Å². The van der Waals surface area contributed by atoms with Gasteiger partial charge in [0.05, 0.1) is 24.1 Å². The second-order valence-corrected chi connectivity index (χ2v) is 7.09. The van der Waals surface area contributed by atoms with E-state index in [1.165, 1.54) is 4.31 Å². The van der Waals surface area contributed by atoms with E-state index in [2.05, 4.69) is 10.4 Å². The van der Waals surface area contributed by atoms with Crippen LogP contribution in [-0.2, 0) is 21.8 Å². The van der Waals surface area contributed by atoms with Crippen molar-refractivity contribution >= 4 is 10.0 Å². The van der Waals surface area contributed by atoms with Crippen molar-refractivity contribution in [3.8, 4) is 0 Å². The van der Waals surface area contributed by atoms with E-state index in [0.717, 1.165) is 6.54 Å². The van der Waals surface area contributed by atoms with Crippen molar-refractivity contribution in [1.82, 2.24) is 19.4 Å². The standard InChI is InChI=1S/C12H22N4O3S/c1-9-12(10(2)16(4)14-9)20(17,18)15(3)8-11-7-13-5-6-19-11/h11,13H,5-8H2,1-4H3. The minimum atomic E-state index is -3.54.